The fourth-order valence-corrected chi connectivity index (χ4v) is 3.19. The molecule has 0 aromatic heterocycles. The van der Waals surface area contributed by atoms with Gasteiger partial charge < -0.3 is 14.5 Å². The fraction of sp³-hybridized carbons (Fsp3) is 0.333. The standard InChI is InChI=1S/C21H24N2O3/c1-22(2)20(24)15-26-18-11-6-10-17(14-18)21(25)23-13-7-12-19(23)16-8-4-3-5-9-16/h3-6,8-11,14,19H,7,12-13,15H2,1-2H3. The van der Waals surface area contributed by atoms with Crippen LogP contribution in [-0.4, -0.2) is 48.9 Å². The third-order valence-corrected chi connectivity index (χ3v) is 4.64. The van der Waals surface area contributed by atoms with Crippen molar-refractivity contribution in [2.75, 3.05) is 27.2 Å². The SMILES string of the molecule is CN(C)C(=O)COc1cccc(C(=O)N2CCCC2c2ccccc2)c1. The number of nitrogens with zero attached hydrogens (tertiary/aromatic N) is 2. The van der Waals surface area contributed by atoms with E-state index in [1.54, 1.807) is 38.4 Å². The van der Waals surface area contributed by atoms with E-state index in [0.717, 1.165) is 19.4 Å². The Morgan fingerprint density at radius 2 is 1.88 bits per heavy atom. The number of rotatable bonds is 5. The van der Waals surface area contributed by atoms with Gasteiger partial charge in [-0.1, -0.05) is 36.4 Å². The second kappa shape index (κ2) is 8.04. The first-order valence-electron chi connectivity index (χ1n) is 8.85. The van der Waals surface area contributed by atoms with Gasteiger partial charge in [0, 0.05) is 26.2 Å². The van der Waals surface area contributed by atoms with Gasteiger partial charge in [-0.2, -0.15) is 0 Å². The Balaban J connectivity index is 1.73. The van der Waals surface area contributed by atoms with Crippen molar-refractivity contribution in [3.8, 4) is 5.75 Å². The fourth-order valence-electron chi connectivity index (χ4n) is 3.19. The molecule has 0 radical (unpaired) electrons. The molecule has 136 valence electrons. The second-order valence-corrected chi connectivity index (χ2v) is 6.67. The summed E-state index contributed by atoms with van der Waals surface area (Å²) in [5, 5.41) is 0. The molecule has 1 saturated heterocycles. The van der Waals surface area contributed by atoms with Gasteiger partial charge >= 0.3 is 0 Å². The molecule has 3 rings (SSSR count). The Labute approximate surface area is 154 Å². The zero-order chi connectivity index (χ0) is 18.5. The summed E-state index contributed by atoms with van der Waals surface area (Å²) in [6, 6.07) is 17.3. The number of hydrogen-bond acceptors (Lipinski definition) is 3. The predicted octanol–water partition coefficient (Wildman–Crippen LogP) is 3.13. The molecule has 0 saturated carbocycles. The zero-order valence-electron chi connectivity index (χ0n) is 15.2. The average molecular weight is 352 g/mol. The van der Waals surface area contributed by atoms with Crippen LogP contribution in [0.25, 0.3) is 0 Å². The molecule has 2 amide bonds. The van der Waals surface area contributed by atoms with Gasteiger partial charge in [0.1, 0.15) is 5.75 Å². The Morgan fingerprint density at radius 3 is 2.62 bits per heavy atom. The van der Waals surface area contributed by atoms with Gasteiger partial charge in [-0.05, 0) is 36.6 Å². The molecule has 0 spiro atoms. The monoisotopic (exact) mass is 352 g/mol. The largest absolute Gasteiger partial charge is 0.484 e. The van der Waals surface area contributed by atoms with Crippen molar-refractivity contribution in [3.05, 3.63) is 65.7 Å². The van der Waals surface area contributed by atoms with E-state index in [4.69, 9.17) is 4.74 Å². The van der Waals surface area contributed by atoms with Crippen LogP contribution in [0, 0.1) is 0 Å². The van der Waals surface area contributed by atoms with E-state index in [-0.39, 0.29) is 24.5 Å². The van der Waals surface area contributed by atoms with E-state index in [9.17, 15) is 9.59 Å². The third kappa shape index (κ3) is 4.04. The van der Waals surface area contributed by atoms with Crippen LogP contribution in [0.5, 0.6) is 5.75 Å². The topological polar surface area (TPSA) is 49.9 Å². The van der Waals surface area contributed by atoms with Crippen LogP contribution in [0.1, 0.15) is 34.8 Å². The highest BCUT2D eigenvalue weighted by molar-refractivity contribution is 5.95. The van der Waals surface area contributed by atoms with Crippen molar-refractivity contribution in [3.63, 3.8) is 0 Å². The number of hydrogen-bond donors (Lipinski definition) is 0. The molecule has 1 fully saturated rings. The van der Waals surface area contributed by atoms with Crippen LogP contribution in [0.2, 0.25) is 0 Å². The van der Waals surface area contributed by atoms with Crippen LogP contribution in [0.4, 0.5) is 0 Å². The highest BCUT2D eigenvalue weighted by Crippen LogP contribution is 2.33. The van der Waals surface area contributed by atoms with Crippen LogP contribution in [0.3, 0.4) is 0 Å². The van der Waals surface area contributed by atoms with Crippen LogP contribution < -0.4 is 4.74 Å². The minimum atomic E-state index is -0.120. The lowest BCUT2D eigenvalue weighted by Crippen LogP contribution is -2.30. The molecular weight excluding hydrogens is 328 g/mol. The molecule has 2 aromatic carbocycles. The first-order valence-corrected chi connectivity index (χ1v) is 8.85. The molecule has 2 aromatic rings. The van der Waals surface area contributed by atoms with E-state index in [1.807, 2.05) is 23.1 Å². The summed E-state index contributed by atoms with van der Waals surface area (Å²) in [6.07, 6.45) is 1.97. The van der Waals surface area contributed by atoms with E-state index in [0.29, 0.717) is 11.3 Å². The molecule has 5 heteroatoms. The summed E-state index contributed by atoms with van der Waals surface area (Å²) in [4.78, 5) is 28.1. The zero-order valence-corrected chi connectivity index (χ0v) is 15.2. The first kappa shape index (κ1) is 18.0. The molecule has 26 heavy (non-hydrogen) atoms. The van der Waals surface area contributed by atoms with Crippen molar-refractivity contribution in [2.24, 2.45) is 0 Å². The normalized spacial score (nSPS) is 16.4. The summed E-state index contributed by atoms with van der Waals surface area (Å²) >= 11 is 0. The predicted molar refractivity (Wildman–Crippen MR) is 100 cm³/mol. The Morgan fingerprint density at radius 1 is 1.12 bits per heavy atom. The lowest BCUT2D eigenvalue weighted by molar-refractivity contribution is -0.130. The molecule has 0 bridgehead atoms. The maximum Gasteiger partial charge on any atom is 0.259 e. The summed E-state index contributed by atoms with van der Waals surface area (Å²) in [7, 11) is 3.37. The molecule has 1 aliphatic rings. The summed E-state index contributed by atoms with van der Waals surface area (Å²) in [6.45, 7) is 0.712. The number of benzene rings is 2. The third-order valence-electron chi connectivity index (χ3n) is 4.64. The minimum absolute atomic E-state index is 0.000684. The highest BCUT2D eigenvalue weighted by atomic mass is 16.5. The molecule has 1 aliphatic heterocycles. The molecule has 1 heterocycles. The minimum Gasteiger partial charge on any atom is -0.484 e. The summed E-state index contributed by atoms with van der Waals surface area (Å²) in [5.74, 6) is 0.410. The first-order chi connectivity index (χ1) is 12.6. The molecule has 1 atom stereocenters. The maximum atomic E-state index is 13.0. The van der Waals surface area contributed by atoms with Crippen LogP contribution >= 0.6 is 0 Å². The van der Waals surface area contributed by atoms with Gasteiger partial charge in [0.25, 0.3) is 11.8 Å². The smallest absolute Gasteiger partial charge is 0.259 e. The van der Waals surface area contributed by atoms with Gasteiger partial charge in [0.05, 0.1) is 6.04 Å². The van der Waals surface area contributed by atoms with Crippen molar-refractivity contribution in [1.82, 2.24) is 9.80 Å². The van der Waals surface area contributed by atoms with Gasteiger partial charge in [-0.3, -0.25) is 9.59 Å². The van der Waals surface area contributed by atoms with Crippen LogP contribution in [-0.2, 0) is 4.79 Å². The van der Waals surface area contributed by atoms with E-state index in [1.165, 1.54) is 10.5 Å². The van der Waals surface area contributed by atoms with E-state index >= 15 is 0 Å². The van der Waals surface area contributed by atoms with Crippen LogP contribution in [0.15, 0.2) is 54.6 Å². The quantitative estimate of drug-likeness (QED) is 0.831. The van der Waals surface area contributed by atoms with E-state index < -0.39 is 0 Å². The van der Waals surface area contributed by atoms with Crippen molar-refractivity contribution < 1.29 is 14.3 Å². The molecule has 0 aliphatic carbocycles. The highest BCUT2D eigenvalue weighted by Gasteiger charge is 2.30. The van der Waals surface area contributed by atoms with Crippen molar-refractivity contribution in [1.29, 1.82) is 0 Å². The number of ether oxygens (including phenoxy) is 1. The van der Waals surface area contributed by atoms with Gasteiger partial charge in [-0.25, -0.2) is 0 Å². The number of carbonyl (C=O) groups excluding carboxylic acids is 2. The lowest BCUT2D eigenvalue weighted by atomic mass is 10.0. The Kier molecular flexibility index (Phi) is 5.56. The maximum absolute atomic E-state index is 13.0. The molecule has 1 unspecified atom stereocenters. The average Bonchev–Trinajstić information content (AvgIpc) is 3.16. The Hall–Kier alpha value is -2.82. The van der Waals surface area contributed by atoms with E-state index in [2.05, 4.69) is 12.1 Å². The van der Waals surface area contributed by atoms with Gasteiger partial charge in [-0.15, -0.1) is 0 Å². The second-order valence-electron chi connectivity index (χ2n) is 6.67. The van der Waals surface area contributed by atoms with Crippen molar-refractivity contribution in [2.45, 2.75) is 18.9 Å². The number of carbonyl (C=O) groups is 2. The number of amides is 2. The van der Waals surface area contributed by atoms with Gasteiger partial charge in [0.2, 0.25) is 0 Å². The van der Waals surface area contributed by atoms with Crippen molar-refractivity contribution >= 4 is 11.8 Å². The molecule has 0 N–H and O–H groups in total. The summed E-state index contributed by atoms with van der Waals surface area (Å²) in [5.41, 5.74) is 1.75. The number of likely N-dealkylation sites (N-methyl/N-ethyl adjacent to an activating group) is 1. The molecular formula is C21H24N2O3. The van der Waals surface area contributed by atoms with Gasteiger partial charge in [0.15, 0.2) is 6.61 Å². The Bertz CT molecular complexity index is 774. The lowest BCUT2D eigenvalue weighted by Gasteiger charge is -2.25. The molecule has 5 nitrogen and oxygen atoms in total. The summed E-state index contributed by atoms with van der Waals surface area (Å²) < 4.78 is 5.53. The number of likely N-dealkylation sites (tertiary alicyclic amines) is 1.